The molecular formula is C33H26O9. The van der Waals surface area contributed by atoms with Gasteiger partial charge in [-0.1, -0.05) is 72.8 Å². The molecule has 1 saturated heterocycles. The minimum absolute atomic E-state index is 0.196. The van der Waals surface area contributed by atoms with Crippen LogP contribution in [0.1, 0.15) is 41.4 Å². The largest absolute Gasteiger partial charge is 0.452 e. The van der Waals surface area contributed by atoms with E-state index in [0.29, 0.717) is 0 Å². The van der Waals surface area contributed by atoms with E-state index in [1.54, 1.807) is 109 Å². The molecule has 0 spiro atoms. The van der Waals surface area contributed by atoms with Crippen LogP contribution in [0.3, 0.4) is 0 Å². The Kier molecular flexibility index (Phi) is 9.00. The summed E-state index contributed by atoms with van der Waals surface area (Å²) in [4.78, 5) is 52.4. The number of carbonyl (C=O) groups is 4. The summed E-state index contributed by atoms with van der Waals surface area (Å²) in [5.74, 6) is -3.02. The van der Waals surface area contributed by atoms with Crippen LogP contribution in [0.2, 0.25) is 0 Å². The zero-order valence-corrected chi connectivity index (χ0v) is 22.2. The van der Waals surface area contributed by atoms with E-state index in [0.717, 1.165) is 0 Å². The second-order valence-electron chi connectivity index (χ2n) is 9.25. The molecule has 9 heteroatoms. The van der Waals surface area contributed by atoms with Gasteiger partial charge in [-0.05, 0) is 48.5 Å². The van der Waals surface area contributed by atoms with Crippen LogP contribution in [-0.2, 0) is 23.7 Å². The van der Waals surface area contributed by atoms with Gasteiger partial charge in [0.05, 0.1) is 28.9 Å². The number of benzene rings is 4. The van der Waals surface area contributed by atoms with Gasteiger partial charge in [0.2, 0.25) is 12.4 Å². The number of carbonyl (C=O) groups excluding carboxylic acids is 4. The van der Waals surface area contributed by atoms with Crippen LogP contribution >= 0.6 is 0 Å². The Bertz CT molecular complexity index is 1390. The molecule has 1 aliphatic heterocycles. The maximum atomic E-state index is 13.2. The first-order valence-electron chi connectivity index (χ1n) is 13.2. The highest BCUT2D eigenvalue weighted by Crippen LogP contribution is 2.28. The van der Waals surface area contributed by atoms with E-state index < -0.39 is 48.5 Å². The fourth-order valence-electron chi connectivity index (χ4n) is 4.27. The first-order valence-corrected chi connectivity index (χ1v) is 13.2. The molecule has 4 atom stereocenters. The highest BCUT2D eigenvalue weighted by atomic mass is 16.7. The molecule has 0 amide bonds. The van der Waals surface area contributed by atoms with E-state index in [2.05, 4.69) is 0 Å². The predicted octanol–water partition coefficient (Wildman–Crippen LogP) is 4.88. The van der Waals surface area contributed by atoms with Crippen molar-refractivity contribution in [2.75, 3.05) is 6.61 Å². The van der Waals surface area contributed by atoms with Crippen molar-refractivity contribution in [3.8, 4) is 0 Å². The topological polar surface area (TPSA) is 114 Å². The van der Waals surface area contributed by atoms with Crippen molar-refractivity contribution in [2.24, 2.45) is 0 Å². The molecule has 4 aromatic carbocycles. The van der Waals surface area contributed by atoms with E-state index in [1.165, 1.54) is 12.1 Å². The molecule has 212 valence electrons. The Labute approximate surface area is 241 Å². The lowest BCUT2D eigenvalue weighted by atomic mass is 10.0. The predicted molar refractivity (Wildman–Crippen MR) is 149 cm³/mol. The summed E-state index contributed by atoms with van der Waals surface area (Å²) in [6, 6.07) is 32.6. The summed E-state index contributed by atoms with van der Waals surface area (Å²) in [6.07, 6.45) is -5.61. The van der Waals surface area contributed by atoms with Crippen LogP contribution in [-0.4, -0.2) is 55.1 Å². The Morgan fingerprint density at radius 3 is 1.19 bits per heavy atom. The van der Waals surface area contributed by atoms with Crippen molar-refractivity contribution < 1.29 is 42.9 Å². The SMILES string of the molecule is O=C(OC1[C@@H](OC(=O)c2ccccc2)CO[C@@H](OC(=O)c2ccccc2)[C@H]1OC(=O)c1ccccc1)c1ccccc1. The highest BCUT2D eigenvalue weighted by molar-refractivity contribution is 5.91. The molecule has 0 radical (unpaired) electrons. The number of ether oxygens (including phenoxy) is 5. The maximum absolute atomic E-state index is 13.2. The third-order valence-electron chi connectivity index (χ3n) is 6.39. The van der Waals surface area contributed by atoms with Crippen LogP contribution in [0.25, 0.3) is 0 Å². The van der Waals surface area contributed by atoms with Gasteiger partial charge in [-0.2, -0.15) is 0 Å². The third-order valence-corrected chi connectivity index (χ3v) is 6.39. The summed E-state index contributed by atoms with van der Waals surface area (Å²) < 4.78 is 28.7. The number of hydrogen-bond acceptors (Lipinski definition) is 9. The Morgan fingerprint density at radius 2 is 0.786 bits per heavy atom. The lowest BCUT2D eigenvalue weighted by Gasteiger charge is -2.40. The zero-order valence-electron chi connectivity index (χ0n) is 22.2. The smallest absolute Gasteiger partial charge is 0.340 e. The fourth-order valence-corrected chi connectivity index (χ4v) is 4.27. The molecule has 0 aromatic heterocycles. The number of hydrogen-bond donors (Lipinski definition) is 0. The quantitative estimate of drug-likeness (QED) is 0.218. The molecule has 1 fully saturated rings. The van der Waals surface area contributed by atoms with E-state index in [9.17, 15) is 19.2 Å². The van der Waals surface area contributed by atoms with Crippen LogP contribution in [0.4, 0.5) is 0 Å². The molecule has 9 nitrogen and oxygen atoms in total. The summed E-state index contributed by atoms with van der Waals surface area (Å²) in [5.41, 5.74) is 0.885. The molecular weight excluding hydrogens is 540 g/mol. The van der Waals surface area contributed by atoms with Crippen molar-refractivity contribution in [2.45, 2.75) is 24.6 Å². The van der Waals surface area contributed by atoms with Gasteiger partial charge < -0.3 is 23.7 Å². The number of esters is 4. The average Bonchev–Trinajstić information content (AvgIpc) is 3.05. The highest BCUT2D eigenvalue weighted by Gasteiger charge is 2.50. The molecule has 1 unspecified atom stereocenters. The van der Waals surface area contributed by atoms with Crippen molar-refractivity contribution >= 4 is 23.9 Å². The second kappa shape index (κ2) is 13.4. The molecule has 0 bridgehead atoms. The summed E-state index contributed by atoms with van der Waals surface area (Å²) in [5, 5.41) is 0. The van der Waals surface area contributed by atoms with Gasteiger partial charge in [0.25, 0.3) is 0 Å². The van der Waals surface area contributed by atoms with E-state index in [4.69, 9.17) is 23.7 Å². The lowest BCUT2D eigenvalue weighted by molar-refractivity contribution is -0.250. The van der Waals surface area contributed by atoms with Crippen LogP contribution < -0.4 is 0 Å². The Hall–Kier alpha value is -5.28. The first-order chi connectivity index (χ1) is 20.5. The Balaban J connectivity index is 1.48. The van der Waals surface area contributed by atoms with Gasteiger partial charge in [-0.25, -0.2) is 19.2 Å². The van der Waals surface area contributed by atoms with Gasteiger partial charge in [0, 0.05) is 0 Å². The Morgan fingerprint density at radius 1 is 0.452 bits per heavy atom. The fraction of sp³-hybridized carbons (Fsp3) is 0.152. The van der Waals surface area contributed by atoms with Crippen LogP contribution in [0, 0.1) is 0 Å². The number of rotatable bonds is 8. The van der Waals surface area contributed by atoms with Gasteiger partial charge in [0.15, 0.2) is 12.2 Å². The van der Waals surface area contributed by atoms with E-state index in [1.807, 2.05) is 0 Å². The molecule has 1 aliphatic rings. The minimum atomic E-state index is -1.50. The van der Waals surface area contributed by atoms with Crippen molar-refractivity contribution in [3.05, 3.63) is 144 Å². The molecule has 5 rings (SSSR count). The van der Waals surface area contributed by atoms with Crippen LogP contribution in [0.15, 0.2) is 121 Å². The van der Waals surface area contributed by atoms with Crippen molar-refractivity contribution in [1.82, 2.24) is 0 Å². The van der Waals surface area contributed by atoms with Gasteiger partial charge in [-0.15, -0.1) is 0 Å². The van der Waals surface area contributed by atoms with Gasteiger partial charge in [0.1, 0.15) is 0 Å². The minimum Gasteiger partial charge on any atom is -0.452 e. The average molecular weight is 567 g/mol. The molecule has 0 aliphatic carbocycles. The van der Waals surface area contributed by atoms with Gasteiger partial charge >= 0.3 is 23.9 Å². The third kappa shape index (κ3) is 6.89. The molecule has 0 saturated carbocycles. The molecule has 1 heterocycles. The van der Waals surface area contributed by atoms with Crippen LogP contribution in [0.5, 0.6) is 0 Å². The zero-order chi connectivity index (χ0) is 29.3. The summed E-state index contributed by atoms with van der Waals surface area (Å²) >= 11 is 0. The lowest BCUT2D eigenvalue weighted by Crippen LogP contribution is -2.58. The molecule has 4 aromatic rings. The summed E-state index contributed by atoms with van der Waals surface area (Å²) in [6.45, 7) is -0.322. The normalized spacial score (nSPS) is 19.6. The first kappa shape index (κ1) is 28.3. The van der Waals surface area contributed by atoms with Crippen molar-refractivity contribution in [3.63, 3.8) is 0 Å². The monoisotopic (exact) mass is 566 g/mol. The van der Waals surface area contributed by atoms with Gasteiger partial charge in [-0.3, -0.25) is 0 Å². The second-order valence-corrected chi connectivity index (χ2v) is 9.25. The van der Waals surface area contributed by atoms with Crippen molar-refractivity contribution in [1.29, 1.82) is 0 Å². The van der Waals surface area contributed by atoms with E-state index in [-0.39, 0.29) is 28.9 Å². The standard InChI is InChI=1S/C33H26O9/c34-29(22-13-5-1-6-14-22)39-26-21-38-33(42-32(37)25-19-11-4-12-20-25)28(41-31(36)24-17-9-3-10-18-24)27(26)40-30(35)23-15-7-2-8-16-23/h1-20,26-28,33H,21H2/t26-,27?,28-,33-/m0/s1. The van der Waals surface area contributed by atoms with E-state index >= 15 is 0 Å². The maximum Gasteiger partial charge on any atom is 0.340 e. The molecule has 0 N–H and O–H groups in total. The summed E-state index contributed by atoms with van der Waals surface area (Å²) in [7, 11) is 0. The molecule has 42 heavy (non-hydrogen) atoms.